The Labute approximate surface area is 134 Å². The van der Waals surface area contributed by atoms with Crippen LogP contribution in [0, 0.1) is 0 Å². The van der Waals surface area contributed by atoms with Gasteiger partial charge in [-0.3, -0.25) is 0 Å². The molecule has 106 valence electrons. The summed E-state index contributed by atoms with van der Waals surface area (Å²) in [7, 11) is 0. The van der Waals surface area contributed by atoms with E-state index < -0.39 is 0 Å². The highest BCUT2D eigenvalue weighted by molar-refractivity contribution is 9.10. The molecule has 2 aromatic carbocycles. The van der Waals surface area contributed by atoms with Crippen LogP contribution in [0.5, 0.6) is 0 Å². The Kier molecular flexibility index (Phi) is 5.50. The molecule has 0 saturated heterocycles. The van der Waals surface area contributed by atoms with Crippen molar-refractivity contribution < 1.29 is 0 Å². The number of benzene rings is 2. The van der Waals surface area contributed by atoms with Gasteiger partial charge >= 0.3 is 0 Å². The highest BCUT2D eigenvalue weighted by Crippen LogP contribution is 2.23. The van der Waals surface area contributed by atoms with E-state index in [1.165, 1.54) is 12.0 Å². The molecule has 1 nitrogen and oxygen atoms in total. The van der Waals surface area contributed by atoms with Gasteiger partial charge in [0.2, 0.25) is 0 Å². The van der Waals surface area contributed by atoms with Gasteiger partial charge in [-0.05, 0) is 53.8 Å². The minimum Gasteiger partial charge on any atom is -0.381 e. The van der Waals surface area contributed by atoms with Crippen LogP contribution in [0.4, 0.5) is 5.69 Å². The minimum absolute atomic E-state index is 0.614. The van der Waals surface area contributed by atoms with E-state index in [0.717, 1.165) is 27.3 Å². The maximum Gasteiger partial charge on any atom is 0.0456 e. The first-order chi connectivity index (χ1) is 9.60. The van der Waals surface area contributed by atoms with Gasteiger partial charge in [-0.1, -0.05) is 53.5 Å². The minimum atomic E-state index is 0.614. The Morgan fingerprint density at radius 1 is 1.15 bits per heavy atom. The Bertz CT molecular complexity index is 566. The molecule has 0 fully saturated rings. The fraction of sp³-hybridized carbons (Fsp3) is 0.294. The van der Waals surface area contributed by atoms with Crippen molar-refractivity contribution in [3.8, 4) is 0 Å². The summed E-state index contributed by atoms with van der Waals surface area (Å²) in [4.78, 5) is 0. The predicted molar refractivity (Wildman–Crippen MR) is 91.6 cm³/mol. The fourth-order valence-electron chi connectivity index (χ4n) is 2.04. The largest absolute Gasteiger partial charge is 0.381 e. The first-order valence-corrected chi connectivity index (χ1v) is 8.05. The molecule has 0 heterocycles. The quantitative estimate of drug-likeness (QED) is 0.672. The van der Waals surface area contributed by atoms with Crippen molar-refractivity contribution in [3.05, 3.63) is 63.1 Å². The molecule has 2 rings (SSSR count). The zero-order valence-electron chi connectivity index (χ0n) is 11.8. The molecule has 0 aliphatic carbocycles. The second-order valence-corrected chi connectivity index (χ2v) is 6.34. The Hall–Kier alpha value is -0.990. The number of rotatable bonds is 5. The van der Waals surface area contributed by atoms with Gasteiger partial charge in [0.1, 0.15) is 0 Å². The summed E-state index contributed by atoms with van der Waals surface area (Å²) in [5, 5.41) is 4.20. The molecule has 0 aliphatic rings. The highest BCUT2D eigenvalue weighted by Gasteiger charge is 2.04. The van der Waals surface area contributed by atoms with E-state index in [0.29, 0.717) is 5.92 Å². The lowest BCUT2D eigenvalue weighted by Gasteiger charge is -2.12. The summed E-state index contributed by atoms with van der Waals surface area (Å²) in [5.74, 6) is 0.614. The second-order valence-electron chi connectivity index (χ2n) is 5.02. The topological polar surface area (TPSA) is 12.0 Å². The van der Waals surface area contributed by atoms with Gasteiger partial charge < -0.3 is 5.32 Å². The molecule has 1 N–H and O–H groups in total. The van der Waals surface area contributed by atoms with Crippen molar-refractivity contribution in [1.29, 1.82) is 0 Å². The zero-order chi connectivity index (χ0) is 14.5. The third-order valence-corrected chi connectivity index (χ3v) is 4.44. The fourth-order valence-corrected chi connectivity index (χ4v) is 2.63. The van der Waals surface area contributed by atoms with Gasteiger partial charge in [0.05, 0.1) is 0 Å². The molecule has 0 bridgehead atoms. The van der Waals surface area contributed by atoms with E-state index in [2.05, 4.69) is 59.4 Å². The van der Waals surface area contributed by atoms with E-state index in [9.17, 15) is 0 Å². The van der Waals surface area contributed by atoms with Crippen LogP contribution >= 0.6 is 27.5 Å². The van der Waals surface area contributed by atoms with Crippen LogP contribution < -0.4 is 5.32 Å². The van der Waals surface area contributed by atoms with Gasteiger partial charge in [-0.15, -0.1) is 0 Å². The molecule has 0 amide bonds. The first kappa shape index (κ1) is 15.4. The average Bonchev–Trinajstić information content (AvgIpc) is 2.48. The van der Waals surface area contributed by atoms with Crippen LogP contribution in [0.3, 0.4) is 0 Å². The number of halogens is 2. The molecule has 0 radical (unpaired) electrons. The second kappa shape index (κ2) is 7.14. The average molecular weight is 353 g/mol. The normalized spacial score (nSPS) is 12.2. The molecule has 1 atom stereocenters. The van der Waals surface area contributed by atoms with Gasteiger partial charge in [-0.25, -0.2) is 0 Å². The van der Waals surface area contributed by atoms with Crippen LogP contribution in [-0.4, -0.2) is 0 Å². The Morgan fingerprint density at radius 3 is 2.50 bits per heavy atom. The molecule has 0 aliphatic heterocycles. The number of nitrogens with one attached hydrogen (secondary N) is 1. The maximum absolute atomic E-state index is 6.19. The van der Waals surface area contributed by atoms with Crippen molar-refractivity contribution in [3.63, 3.8) is 0 Å². The molecule has 20 heavy (non-hydrogen) atoms. The third-order valence-electron chi connectivity index (χ3n) is 3.58. The van der Waals surface area contributed by atoms with Crippen LogP contribution in [-0.2, 0) is 6.54 Å². The van der Waals surface area contributed by atoms with Crippen molar-refractivity contribution in [2.45, 2.75) is 32.7 Å². The SMILES string of the molecule is CCC(C)c1ccc(NCc2cc(Br)ccc2Cl)cc1. The molecule has 0 aromatic heterocycles. The molecular formula is C17H19BrClN. The van der Waals surface area contributed by atoms with Crippen molar-refractivity contribution in [2.24, 2.45) is 0 Å². The third kappa shape index (κ3) is 4.00. The molecule has 0 saturated carbocycles. The predicted octanol–water partition coefficient (Wildman–Crippen LogP) is 6.23. The Balaban J connectivity index is 2.02. The number of hydrogen-bond acceptors (Lipinski definition) is 1. The van der Waals surface area contributed by atoms with Crippen LogP contribution in [0.25, 0.3) is 0 Å². The van der Waals surface area contributed by atoms with Gasteiger partial charge in [-0.2, -0.15) is 0 Å². The molecule has 0 spiro atoms. The summed E-state index contributed by atoms with van der Waals surface area (Å²) in [6.07, 6.45) is 1.17. The van der Waals surface area contributed by atoms with Crippen molar-refractivity contribution >= 4 is 33.2 Å². The molecule has 3 heteroatoms. The lowest BCUT2D eigenvalue weighted by atomic mass is 9.99. The lowest BCUT2D eigenvalue weighted by Crippen LogP contribution is -2.00. The summed E-state index contributed by atoms with van der Waals surface area (Å²) in [6.45, 7) is 5.19. The van der Waals surface area contributed by atoms with Gasteiger partial charge in [0.25, 0.3) is 0 Å². The molecular weight excluding hydrogens is 334 g/mol. The summed E-state index contributed by atoms with van der Waals surface area (Å²) < 4.78 is 1.05. The van der Waals surface area contributed by atoms with E-state index in [1.54, 1.807) is 0 Å². The number of hydrogen-bond donors (Lipinski definition) is 1. The van der Waals surface area contributed by atoms with E-state index in [1.807, 2.05) is 18.2 Å². The molecule has 2 aromatic rings. The monoisotopic (exact) mass is 351 g/mol. The van der Waals surface area contributed by atoms with Gasteiger partial charge in [0.15, 0.2) is 0 Å². The van der Waals surface area contributed by atoms with Crippen molar-refractivity contribution in [2.75, 3.05) is 5.32 Å². The summed E-state index contributed by atoms with van der Waals surface area (Å²) in [5.41, 5.74) is 3.60. The van der Waals surface area contributed by atoms with Crippen LogP contribution in [0.15, 0.2) is 46.9 Å². The van der Waals surface area contributed by atoms with Crippen LogP contribution in [0.1, 0.15) is 37.3 Å². The zero-order valence-corrected chi connectivity index (χ0v) is 14.1. The smallest absolute Gasteiger partial charge is 0.0456 e. The van der Waals surface area contributed by atoms with E-state index >= 15 is 0 Å². The van der Waals surface area contributed by atoms with Gasteiger partial charge in [0, 0.05) is 21.7 Å². The lowest BCUT2D eigenvalue weighted by molar-refractivity contribution is 0.734. The van der Waals surface area contributed by atoms with Crippen molar-refractivity contribution in [1.82, 2.24) is 0 Å². The van der Waals surface area contributed by atoms with E-state index in [4.69, 9.17) is 11.6 Å². The maximum atomic E-state index is 6.19. The summed E-state index contributed by atoms with van der Waals surface area (Å²) >= 11 is 9.66. The highest BCUT2D eigenvalue weighted by atomic mass is 79.9. The first-order valence-electron chi connectivity index (χ1n) is 6.88. The number of anilines is 1. The molecule has 1 unspecified atom stereocenters. The van der Waals surface area contributed by atoms with E-state index in [-0.39, 0.29) is 0 Å². The standard InChI is InChI=1S/C17H19BrClN/c1-3-12(2)13-4-7-16(8-5-13)20-11-14-10-15(18)6-9-17(14)19/h4-10,12,20H,3,11H2,1-2H3. The van der Waals surface area contributed by atoms with Crippen LogP contribution in [0.2, 0.25) is 5.02 Å². The summed E-state index contributed by atoms with van der Waals surface area (Å²) in [6, 6.07) is 14.6. The Morgan fingerprint density at radius 2 is 1.85 bits per heavy atom.